The first kappa shape index (κ1) is 16.7. The monoisotopic (exact) mass is 354 g/mol. The molecule has 2 amide bonds. The molecule has 0 N–H and O–H groups in total. The Morgan fingerprint density at radius 1 is 1.08 bits per heavy atom. The number of fused-ring (bicyclic) bond motifs is 1. The summed E-state index contributed by atoms with van der Waals surface area (Å²) >= 11 is 0. The van der Waals surface area contributed by atoms with Crippen LogP contribution in [0.1, 0.15) is 15.9 Å². The zero-order valence-electron chi connectivity index (χ0n) is 14.2. The Bertz CT molecular complexity index is 810. The van der Waals surface area contributed by atoms with Crippen molar-refractivity contribution in [1.82, 2.24) is 9.80 Å². The lowest BCUT2D eigenvalue weighted by Crippen LogP contribution is -2.53. The van der Waals surface area contributed by atoms with Gasteiger partial charge in [0.2, 0.25) is 5.91 Å². The second-order valence-corrected chi connectivity index (χ2v) is 6.64. The van der Waals surface area contributed by atoms with Crippen molar-refractivity contribution in [3.63, 3.8) is 0 Å². The van der Waals surface area contributed by atoms with Crippen LogP contribution in [-0.4, -0.2) is 53.5 Å². The molecule has 0 saturated carbocycles. The maximum atomic E-state index is 13.1. The fourth-order valence-electron chi connectivity index (χ4n) is 3.59. The van der Waals surface area contributed by atoms with Crippen molar-refractivity contribution in [1.29, 1.82) is 0 Å². The fraction of sp³-hybridized carbons (Fsp3) is 0.300. The van der Waals surface area contributed by atoms with E-state index in [1.54, 1.807) is 34.1 Å². The summed E-state index contributed by atoms with van der Waals surface area (Å²) in [4.78, 5) is 28.6. The molecular formula is C20H19FN2O3. The molecule has 26 heavy (non-hydrogen) atoms. The van der Waals surface area contributed by atoms with Crippen molar-refractivity contribution in [2.75, 3.05) is 19.7 Å². The molecule has 2 saturated heterocycles. The molecule has 2 aliphatic heterocycles. The molecule has 2 aromatic rings. The van der Waals surface area contributed by atoms with Crippen molar-refractivity contribution in [3.8, 4) is 0 Å². The average Bonchev–Trinajstić information content (AvgIpc) is 3.10. The first-order valence-electron chi connectivity index (χ1n) is 8.61. The molecule has 5 nitrogen and oxygen atoms in total. The zero-order valence-corrected chi connectivity index (χ0v) is 14.2. The van der Waals surface area contributed by atoms with Gasteiger partial charge in [-0.05, 0) is 29.8 Å². The van der Waals surface area contributed by atoms with Gasteiger partial charge in [-0.25, -0.2) is 4.39 Å². The van der Waals surface area contributed by atoms with Gasteiger partial charge in [-0.15, -0.1) is 0 Å². The summed E-state index contributed by atoms with van der Waals surface area (Å²) in [5, 5.41) is 0. The van der Waals surface area contributed by atoms with Crippen LogP contribution in [0.3, 0.4) is 0 Å². The van der Waals surface area contributed by atoms with Gasteiger partial charge in [0, 0.05) is 25.2 Å². The van der Waals surface area contributed by atoms with Gasteiger partial charge in [0.15, 0.2) is 0 Å². The van der Waals surface area contributed by atoms with Crippen molar-refractivity contribution in [2.45, 2.75) is 18.7 Å². The van der Waals surface area contributed by atoms with E-state index >= 15 is 0 Å². The molecule has 2 atom stereocenters. The number of hydrogen-bond acceptors (Lipinski definition) is 3. The Kier molecular flexibility index (Phi) is 4.42. The standard InChI is InChI=1S/C20H19FN2O3/c21-16-8-6-14(7-9-16)10-23-17-11-22(12-18(17)26-13-19(23)24)20(25)15-4-2-1-3-5-15/h1-9,17-18H,10-13H2. The van der Waals surface area contributed by atoms with Crippen LogP contribution >= 0.6 is 0 Å². The summed E-state index contributed by atoms with van der Waals surface area (Å²) in [6, 6.07) is 15.0. The van der Waals surface area contributed by atoms with E-state index in [-0.39, 0.29) is 36.4 Å². The second kappa shape index (κ2) is 6.88. The highest BCUT2D eigenvalue weighted by molar-refractivity contribution is 5.94. The van der Waals surface area contributed by atoms with Crippen LogP contribution < -0.4 is 0 Å². The van der Waals surface area contributed by atoms with Crippen molar-refractivity contribution >= 4 is 11.8 Å². The van der Waals surface area contributed by atoms with Gasteiger partial charge in [-0.3, -0.25) is 9.59 Å². The second-order valence-electron chi connectivity index (χ2n) is 6.64. The molecule has 2 unspecified atom stereocenters. The third-order valence-corrected chi connectivity index (χ3v) is 4.95. The molecule has 134 valence electrons. The molecule has 2 heterocycles. The minimum absolute atomic E-state index is 0.00965. The number of carbonyl (C=O) groups excluding carboxylic acids is 2. The van der Waals surface area contributed by atoms with Crippen molar-refractivity contribution in [3.05, 3.63) is 71.5 Å². The summed E-state index contributed by atoms with van der Waals surface area (Å²) in [6.07, 6.45) is -0.194. The minimum Gasteiger partial charge on any atom is -0.364 e. The highest BCUT2D eigenvalue weighted by Crippen LogP contribution is 2.26. The lowest BCUT2D eigenvalue weighted by molar-refractivity contribution is -0.153. The molecular weight excluding hydrogens is 335 g/mol. The van der Waals surface area contributed by atoms with Gasteiger partial charge in [-0.1, -0.05) is 30.3 Å². The molecule has 0 bridgehead atoms. The van der Waals surface area contributed by atoms with E-state index in [4.69, 9.17) is 4.74 Å². The Labute approximate surface area is 151 Å². The number of benzene rings is 2. The lowest BCUT2D eigenvalue weighted by atomic mass is 10.1. The molecule has 0 aromatic heterocycles. The first-order chi connectivity index (χ1) is 12.6. The smallest absolute Gasteiger partial charge is 0.254 e. The Morgan fingerprint density at radius 3 is 2.54 bits per heavy atom. The normalized spacial score (nSPS) is 22.4. The number of morpholine rings is 1. The SMILES string of the molecule is O=C(c1ccccc1)N1CC2OCC(=O)N(Cc3ccc(F)cc3)C2C1. The summed E-state index contributed by atoms with van der Waals surface area (Å²) in [7, 11) is 0. The van der Waals surface area contributed by atoms with E-state index in [1.165, 1.54) is 12.1 Å². The predicted octanol–water partition coefficient (Wildman–Crippen LogP) is 2.08. The van der Waals surface area contributed by atoms with Crippen LogP contribution in [0.4, 0.5) is 4.39 Å². The van der Waals surface area contributed by atoms with E-state index < -0.39 is 0 Å². The van der Waals surface area contributed by atoms with Gasteiger partial charge in [0.25, 0.3) is 5.91 Å². The average molecular weight is 354 g/mol. The fourth-order valence-corrected chi connectivity index (χ4v) is 3.59. The molecule has 0 spiro atoms. The first-order valence-corrected chi connectivity index (χ1v) is 8.61. The molecule has 2 aliphatic rings. The number of amides is 2. The lowest BCUT2D eigenvalue weighted by Gasteiger charge is -2.36. The van der Waals surface area contributed by atoms with Crippen molar-refractivity contribution < 1.29 is 18.7 Å². The third kappa shape index (κ3) is 3.20. The third-order valence-electron chi connectivity index (χ3n) is 4.95. The largest absolute Gasteiger partial charge is 0.364 e. The van der Waals surface area contributed by atoms with Gasteiger partial charge >= 0.3 is 0 Å². The van der Waals surface area contributed by atoms with E-state index in [0.29, 0.717) is 25.2 Å². The molecule has 2 aromatic carbocycles. The Morgan fingerprint density at radius 2 is 1.81 bits per heavy atom. The Balaban J connectivity index is 1.51. The van der Waals surface area contributed by atoms with Crippen LogP contribution in [0.2, 0.25) is 0 Å². The molecule has 6 heteroatoms. The van der Waals surface area contributed by atoms with Gasteiger partial charge in [0.1, 0.15) is 12.4 Å². The highest BCUT2D eigenvalue weighted by Gasteiger charge is 2.44. The maximum absolute atomic E-state index is 13.1. The summed E-state index contributed by atoms with van der Waals surface area (Å²) in [6.45, 7) is 1.30. The number of halogens is 1. The van der Waals surface area contributed by atoms with E-state index in [2.05, 4.69) is 0 Å². The van der Waals surface area contributed by atoms with Gasteiger partial charge in [0.05, 0.1) is 12.1 Å². The summed E-state index contributed by atoms with van der Waals surface area (Å²) in [5.41, 5.74) is 1.48. The van der Waals surface area contributed by atoms with Crippen LogP contribution in [0.25, 0.3) is 0 Å². The number of rotatable bonds is 3. The number of likely N-dealkylation sites (tertiary alicyclic amines) is 1. The summed E-state index contributed by atoms with van der Waals surface area (Å²) in [5.74, 6) is -0.470. The molecule has 2 fully saturated rings. The quantitative estimate of drug-likeness (QED) is 0.848. The number of nitrogens with zero attached hydrogens (tertiary/aromatic N) is 2. The number of carbonyl (C=O) groups is 2. The van der Waals surface area contributed by atoms with Crippen LogP contribution in [-0.2, 0) is 16.1 Å². The highest BCUT2D eigenvalue weighted by atomic mass is 19.1. The van der Waals surface area contributed by atoms with E-state index in [9.17, 15) is 14.0 Å². The number of hydrogen-bond donors (Lipinski definition) is 0. The maximum Gasteiger partial charge on any atom is 0.254 e. The van der Waals surface area contributed by atoms with E-state index in [0.717, 1.165) is 5.56 Å². The van der Waals surface area contributed by atoms with Crippen LogP contribution in [0.15, 0.2) is 54.6 Å². The van der Waals surface area contributed by atoms with E-state index in [1.807, 2.05) is 18.2 Å². The van der Waals surface area contributed by atoms with Gasteiger partial charge in [-0.2, -0.15) is 0 Å². The summed E-state index contributed by atoms with van der Waals surface area (Å²) < 4.78 is 18.8. The molecule has 0 radical (unpaired) electrons. The topological polar surface area (TPSA) is 49.9 Å². The Hall–Kier alpha value is -2.73. The number of ether oxygens (including phenoxy) is 1. The van der Waals surface area contributed by atoms with Crippen molar-refractivity contribution in [2.24, 2.45) is 0 Å². The molecule has 0 aliphatic carbocycles. The van der Waals surface area contributed by atoms with Crippen LogP contribution in [0.5, 0.6) is 0 Å². The van der Waals surface area contributed by atoms with Crippen LogP contribution in [0, 0.1) is 5.82 Å². The van der Waals surface area contributed by atoms with Gasteiger partial charge < -0.3 is 14.5 Å². The minimum atomic E-state index is -0.305. The molecule has 4 rings (SSSR count). The predicted molar refractivity (Wildman–Crippen MR) is 92.8 cm³/mol. The zero-order chi connectivity index (χ0) is 18.1.